The van der Waals surface area contributed by atoms with Gasteiger partial charge in [-0.25, -0.2) is 4.79 Å². The summed E-state index contributed by atoms with van der Waals surface area (Å²) in [4.78, 5) is 30.8. The molecule has 0 saturated heterocycles. The van der Waals surface area contributed by atoms with Gasteiger partial charge in [-0.2, -0.15) is 0 Å². The van der Waals surface area contributed by atoms with Crippen LogP contribution in [0.5, 0.6) is 0 Å². The number of nitro groups is 2. The molecule has 19 heavy (non-hydrogen) atoms. The maximum absolute atomic E-state index is 10.9. The van der Waals surface area contributed by atoms with E-state index in [1.54, 1.807) is 0 Å². The monoisotopic (exact) mass is 269 g/mol. The predicted octanol–water partition coefficient (Wildman–Crippen LogP) is 1.78. The summed E-state index contributed by atoms with van der Waals surface area (Å²) in [6.45, 7) is 2.64. The number of nitrogens with zero attached hydrogens (tertiary/aromatic N) is 2. The minimum absolute atomic E-state index is 0.0944. The van der Waals surface area contributed by atoms with E-state index in [9.17, 15) is 25.0 Å². The third kappa shape index (κ3) is 3.15. The summed E-state index contributed by atoms with van der Waals surface area (Å²) in [5.74, 6) is -1.21. The van der Waals surface area contributed by atoms with E-state index in [0.717, 1.165) is 18.2 Å². The molecule has 9 nitrogen and oxygen atoms in total. The Morgan fingerprint density at radius 3 is 2.26 bits per heavy atom. The van der Waals surface area contributed by atoms with Gasteiger partial charge in [0.15, 0.2) is 0 Å². The van der Waals surface area contributed by atoms with Crippen molar-refractivity contribution in [1.29, 1.82) is 0 Å². The Balaban J connectivity index is 3.25. The normalized spacial score (nSPS) is 10.8. The molecule has 0 radical (unpaired) electrons. The van der Waals surface area contributed by atoms with E-state index in [2.05, 4.69) is 5.32 Å². The van der Waals surface area contributed by atoms with Crippen LogP contribution in [0.25, 0.3) is 0 Å². The first-order valence-corrected chi connectivity index (χ1v) is 5.09. The highest BCUT2D eigenvalue weighted by Crippen LogP contribution is 2.30. The fourth-order valence-electron chi connectivity index (χ4n) is 1.28. The number of rotatable bonds is 5. The first-order chi connectivity index (χ1) is 8.65. The number of carboxylic acids is 1. The summed E-state index contributed by atoms with van der Waals surface area (Å²) >= 11 is 0. The molecule has 0 atom stereocenters. The maximum Gasteiger partial charge on any atom is 0.328 e. The van der Waals surface area contributed by atoms with E-state index in [1.165, 1.54) is 13.8 Å². The van der Waals surface area contributed by atoms with Crippen molar-refractivity contribution in [3.8, 4) is 0 Å². The van der Waals surface area contributed by atoms with Gasteiger partial charge in [-0.1, -0.05) is 0 Å². The van der Waals surface area contributed by atoms with Crippen LogP contribution in [0.15, 0.2) is 18.2 Å². The lowest BCUT2D eigenvalue weighted by Crippen LogP contribution is -2.40. The molecule has 0 fully saturated rings. The summed E-state index contributed by atoms with van der Waals surface area (Å²) in [7, 11) is 0. The molecule has 0 aliphatic rings. The molecule has 0 aliphatic heterocycles. The zero-order valence-electron chi connectivity index (χ0n) is 10.1. The van der Waals surface area contributed by atoms with Crippen molar-refractivity contribution in [3.05, 3.63) is 38.4 Å². The molecule has 0 aromatic heterocycles. The second-order valence-corrected chi connectivity index (χ2v) is 4.27. The van der Waals surface area contributed by atoms with Gasteiger partial charge >= 0.3 is 5.97 Å². The van der Waals surface area contributed by atoms with Gasteiger partial charge in [0.05, 0.1) is 15.9 Å². The standard InChI is InChI=1S/C10H11N3O6/c1-10(2,9(14)15)11-7-4-3-6(12(16)17)5-8(7)13(18)19/h3-5,11H,1-2H3,(H,14,15). The van der Waals surface area contributed by atoms with Crippen LogP contribution in [0.2, 0.25) is 0 Å². The van der Waals surface area contributed by atoms with Crippen molar-refractivity contribution < 1.29 is 19.7 Å². The Morgan fingerprint density at radius 1 is 1.26 bits per heavy atom. The second kappa shape index (κ2) is 4.88. The van der Waals surface area contributed by atoms with Crippen LogP contribution >= 0.6 is 0 Å². The maximum atomic E-state index is 10.9. The minimum atomic E-state index is -1.44. The predicted molar refractivity (Wildman–Crippen MR) is 65.1 cm³/mol. The first-order valence-electron chi connectivity index (χ1n) is 5.09. The fourth-order valence-corrected chi connectivity index (χ4v) is 1.28. The third-order valence-electron chi connectivity index (χ3n) is 2.37. The SMILES string of the molecule is CC(C)(Nc1ccc([N+](=O)[O-])cc1[N+](=O)[O-])C(=O)O. The van der Waals surface area contributed by atoms with Crippen LogP contribution in [0.3, 0.4) is 0 Å². The van der Waals surface area contributed by atoms with E-state index in [1.807, 2.05) is 0 Å². The number of hydrogen-bond acceptors (Lipinski definition) is 6. The molecule has 0 bridgehead atoms. The van der Waals surface area contributed by atoms with Gasteiger partial charge in [0.1, 0.15) is 11.2 Å². The largest absolute Gasteiger partial charge is 0.480 e. The van der Waals surface area contributed by atoms with E-state index < -0.39 is 32.7 Å². The smallest absolute Gasteiger partial charge is 0.328 e. The number of benzene rings is 1. The lowest BCUT2D eigenvalue weighted by atomic mass is 10.1. The van der Waals surface area contributed by atoms with Crippen molar-refractivity contribution >= 4 is 23.0 Å². The lowest BCUT2D eigenvalue weighted by molar-refractivity contribution is -0.393. The topological polar surface area (TPSA) is 136 Å². The number of nitrogens with one attached hydrogen (secondary N) is 1. The molecule has 0 aliphatic carbocycles. The number of non-ortho nitro benzene ring substituents is 1. The van der Waals surface area contributed by atoms with Crippen LogP contribution < -0.4 is 5.32 Å². The van der Waals surface area contributed by atoms with Gasteiger partial charge < -0.3 is 10.4 Å². The second-order valence-electron chi connectivity index (χ2n) is 4.27. The average Bonchev–Trinajstić information content (AvgIpc) is 2.28. The van der Waals surface area contributed by atoms with E-state index in [0.29, 0.717) is 0 Å². The average molecular weight is 269 g/mol. The van der Waals surface area contributed by atoms with Crippen molar-refractivity contribution in [1.82, 2.24) is 0 Å². The summed E-state index contributed by atoms with van der Waals surface area (Å²) in [5.41, 5.74) is -2.53. The van der Waals surface area contributed by atoms with E-state index >= 15 is 0 Å². The number of carboxylic acid groups (broad SMARTS) is 1. The molecule has 0 amide bonds. The van der Waals surface area contributed by atoms with Gasteiger partial charge in [0.25, 0.3) is 11.4 Å². The van der Waals surface area contributed by atoms with Crippen molar-refractivity contribution in [3.63, 3.8) is 0 Å². The van der Waals surface area contributed by atoms with Crippen LogP contribution in [-0.2, 0) is 4.79 Å². The molecule has 0 unspecified atom stereocenters. The lowest BCUT2D eigenvalue weighted by Gasteiger charge is -2.22. The first kappa shape index (κ1) is 14.4. The van der Waals surface area contributed by atoms with Crippen molar-refractivity contribution in [2.75, 3.05) is 5.32 Å². The number of hydrogen-bond donors (Lipinski definition) is 2. The third-order valence-corrected chi connectivity index (χ3v) is 2.37. The Kier molecular flexibility index (Phi) is 3.69. The molecule has 0 spiro atoms. The number of nitro benzene ring substituents is 2. The highest BCUT2D eigenvalue weighted by Gasteiger charge is 2.30. The van der Waals surface area contributed by atoms with Crippen molar-refractivity contribution in [2.24, 2.45) is 0 Å². The minimum Gasteiger partial charge on any atom is -0.480 e. The molecule has 0 saturated carbocycles. The molecule has 102 valence electrons. The van der Waals surface area contributed by atoms with Gasteiger partial charge in [-0.3, -0.25) is 20.2 Å². The molecule has 9 heteroatoms. The Labute approximate surface area is 107 Å². The number of carbonyl (C=O) groups is 1. The Hall–Kier alpha value is -2.71. The Morgan fingerprint density at radius 2 is 1.84 bits per heavy atom. The molecule has 2 N–H and O–H groups in total. The molecular weight excluding hydrogens is 258 g/mol. The summed E-state index contributed by atoms with van der Waals surface area (Å²) in [5, 5.41) is 32.8. The van der Waals surface area contributed by atoms with Gasteiger partial charge in [0.2, 0.25) is 0 Å². The van der Waals surface area contributed by atoms with Crippen LogP contribution in [0.4, 0.5) is 17.1 Å². The molecule has 1 aromatic carbocycles. The quantitative estimate of drug-likeness (QED) is 0.614. The highest BCUT2D eigenvalue weighted by atomic mass is 16.6. The molecule has 1 aromatic rings. The Bertz CT molecular complexity index is 554. The number of aliphatic carboxylic acids is 1. The van der Waals surface area contributed by atoms with Gasteiger partial charge in [-0.15, -0.1) is 0 Å². The number of anilines is 1. The highest BCUT2D eigenvalue weighted by molar-refractivity contribution is 5.83. The zero-order chi connectivity index (χ0) is 14.8. The van der Waals surface area contributed by atoms with Gasteiger partial charge in [-0.05, 0) is 19.9 Å². The molecule has 1 rings (SSSR count). The van der Waals surface area contributed by atoms with Crippen LogP contribution in [0.1, 0.15) is 13.8 Å². The fraction of sp³-hybridized carbons (Fsp3) is 0.300. The van der Waals surface area contributed by atoms with Crippen LogP contribution in [-0.4, -0.2) is 26.5 Å². The van der Waals surface area contributed by atoms with E-state index in [-0.39, 0.29) is 5.69 Å². The molecule has 0 heterocycles. The van der Waals surface area contributed by atoms with Gasteiger partial charge in [0, 0.05) is 6.07 Å². The summed E-state index contributed by atoms with van der Waals surface area (Å²) < 4.78 is 0. The van der Waals surface area contributed by atoms with Crippen LogP contribution in [0, 0.1) is 20.2 Å². The summed E-state index contributed by atoms with van der Waals surface area (Å²) in [6.07, 6.45) is 0. The molecular formula is C10H11N3O6. The van der Waals surface area contributed by atoms with Crippen molar-refractivity contribution in [2.45, 2.75) is 19.4 Å². The van der Waals surface area contributed by atoms with E-state index in [4.69, 9.17) is 5.11 Å². The summed E-state index contributed by atoms with van der Waals surface area (Å²) in [6, 6.07) is 2.95. The zero-order valence-corrected chi connectivity index (χ0v) is 10.1.